The fraction of sp³-hybridized carbons (Fsp3) is 0.211. The van der Waals surface area contributed by atoms with Crippen LogP contribution in [0.25, 0.3) is 0 Å². The van der Waals surface area contributed by atoms with Gasteiger partial charge in [0.25, 0.3) is 5.91 Å². The highest BCUT2D eigenvalue weighted by Gasteiger charge is 2.30. The second-order valence-corrected chi connectivity index (χ2v) is 6.89. The molecule has 0 unspecified atom stereocenters. The van der Waals surface area contributed by atoms with Gasteiger partial charge in [0, 0.05) is 5.56 Å². The first-order chi connectivity index (χ1) is 14.1. The van der Waals surface area contributed by atoms with Gasteiger partial charge in [-0.05, 0) is 65.4 Å². The predicted molar refractivity (Wildman–Crippen MR) is 110 cm³/mol. The molecule has 2 aromatic carbocycles. The van der Waals surface area contributed by atoms with Crippen LogP contribution >= 0.6 is 22.6 Å². The van der Waals surface area contributed by atoms with Crippen molar-refractivity contribution in [2.75, 3.05) is 13.2 Å². The number of alkyl halides is 3. The highest BCUT2D eigenvalue weighted by Crippen LogP contribution is 2.34. The topological polar surface area (TPSA) is 97.2 Å². The van der Waals surface area contributed by atoms with Crippen LogP contribution in [-0.2, 0) is 11.0 Å². The van der Waals surface area contributed by atoms with Crippen molar-refractivity contribution in [2.45, 2.75) is 13.1 Å². The molecule has 0 bridgehead atoms. The van der Waals surface area contributed by atoms with E-state index < -0.39 is 30.2 Å². The molecule has 2 aromatic rings. The highest BCUT2D eigenvalue weighted by atomic mass is 127. The number of hydrogen-bond acceptors (Lipinski definition) is 5. The van der Waals surface area contributed by atoms with E-state index in [2.05, 4.69) is 10.5 Å². The maximum absolute atomic E-state index is 12.8. The molecule has 0 saturated carbocycles. The van der Waals surface area contributed by atoms with Gasteiger partial charge in [0.05, 0.1) is 22.0 Å². The minimum absolute atomic E-state index is 0.191. The van der Waals surface area contributed by atoms with Crippen LogP contribution in [0.1, 0.15) is 28.4 Å². The third-order valence-electron chi connectivity index (χ3n) is 3.50. The van der Waals surface area contributed by atoms with E-state index in [4.69, 9.17) is 14.6 Å². The lowest BCUT2D eigenvalue weighted by molar-refractivity contribution is -0.139. The van der Waals surface area contributed by atoms with Crippen LogP contribution in [0.15, 0.2) is 41.5 Å². The minimum atomic E-state index is -4.56. The molecule has 0 radical (unpaired) electrons. The van der Waals surface area contributed by atoms with Crippen molar-refractivity contribution in [2.24, 2.45) is 5.10 Å². The van der Waals surface area contributed by atoms with Gasteiger partial charge in [0.2, 0.25) is 0 Å². The van der Waals surface area contributed by atoms with Gasteiger partial charge >= 0.3 is 12.1 Å². The summed E-state index contributed by atoms with van der Waals surface area (Å²) in [6, 6.07) is 7.11. The molecule has 1 amide bonds. The summed E-state index contributed by atoms with van der Waals surface area (Å²) in [5.41, 5.74) is 1.53. The number of carboxylic acids is 1. The smallest absolute Gasteiger partial charge is 0.416 e. The van der Waals surface area contributed by atoms with E-state index >= 15 is 0 Å². The number of nitrogens with one attached hydrogen (secondary N) is 1. The average Bonchev–Trinajstić information content (AvgIpc) is 2.66. The average molecular weight is 536 g/mol. The SMILES string of the molecule is CCOc1cc(C=NNC(=O)c2cccc(C(F)(F)F)c2)cc(I)c1OCC(=O)O. The first-order valence-electron chi connectivity index (χ1n) is 8.43. The maximum atomic E-state index is 12.8. The summed E-state index contributed by atoms with van der Waals surface area (Å²) in [6.45, 7) is 1.49. The van der Waals surface area contributed by atoms with E-state index in [1.165, 1.54) is 18.3 Å². The third kappa shape index (κ3) is 6.61. The summed E-state index contributed by atoms with van der Waals surface area (Å²) in [6.07, 6.45) is -3.28. The maximum Gasteiger partial charge on any atom is 0.416 e. The number of benzene rings is 2. The van der Waals surface area contributed by atoms with E-state index in [-0.39, 0.29) is 17.1 Å². The molecule has 0 aromatic heterocycles. The summed E-state index contributed by atoms with van der Waals surface area (Å²) >= 11 is 1.93. The fourth-order valence-corrected chi connectivity index (χ4v) is 3.05. The number of carbonyl (C=O) groups excluding carboxylic acids is 1. The number of aliphatic carboxylic acids is 1. The molecular weight excluding hydrogens is 520 g/mol. The number of halogens is 4. The van der Waals surface area contributed by atoms with Gasteiger partial charge in [-0.2, -0.15) is 18.3 Å². The van der Waals surface area contributed by atoms with Gasteiger partial charge in [-0.25, -0.2) is 10.2 Å². The predicted octanol–water partition coefficient (Wildman–Crippen LogP) is 3.94. The summed E-state index contributed by atoms with van der Waals surface area (Å²) in [5, 5.41) is 12.5. The molecule has 160 valence electrons. The quantitative estimate of drug-likeness (QED) is 0.303. The lowest BCUT2D eigenvalue weighted by Crippen LogP contribution is -2.18. The van der Waals surface area contributed by atoms with Crippen LogP contribution in [0.3, 0.4) is 0 Å². The zero-order chi connectivity index (χ0) is 22.3. The largest absolute Gasteiger partial charge is 0.490 e. The molecule has 0 fully saturated rings. The Labute approximate surface area is 183 Å². The molecule has 0 heterocycles. The third-order valence-corrected chi connectivity index (χ3v) is 4.30. The van der Waals surface area contributed by atoms with Crippen LogP contribution < -0.4 is 14.9 Å². The van der Waals surface area contributed by atoms with Crippen LogP contribution in [0.5, 0.6) is 11.5 Å². The molecule has 0 atom stereocenters. The van der Waals surface area contributed by atoms with E-state index in [1.54, 1.807) is 13.0 Å². The Morgan fingerprint density at radius 3 is 2.60 bits per heavy atom. The number of nitrogens with zero attached hydrogens (tertiary/aromatic N) is 1. The molecule has 0 aliphatic heterocycles. The lowest BCUT2D eigenvalue weighted by Gasteiger charge is -2.13. The summed E-state index contributed by atoms with van der Waals surface area (Å²) in [7, 11) is 0. The van der Waals surface area contributed by atoms with Crippen molar-refractivity contribution in [1.82, 2.24) is 5.43 Å². The first-order valence-corrected chi connectivity index (χ1v) is 9.51. The second kappa shape index (κ2) is 10.3. The van der Waals surface area contributed by atoms with Crippen molar-refractivity contribution in [3.05, 3.63) is 56.7 Å². The number of carbonyl (C=O) groups is 2. The zero-order valence-corrected chi connectivity index (χ0v) is 17.7. The van der Waals surface area contributed by atoms with Gasteiger partial charge < -0.3 is 14.6 Å². The summed E-state index contributed by atoms with van der Waals surface area (Å²) in [5.74, 6) is -1.41. The molecule has 0 spiro atoms. The van der Waals surface area contributed by atoms with Crippen molar-refractivity contribution in [3.8, 4) is 11.5 Å². The lowest BCUT2D eigenvalue weighted by atomic mass is 10.1. The Balaban J connectivity index is 2.15. The van der Waals surface area contributed by atoms with Crippen molar-refractivity contribution < 1.29 is 37.3 Å². The van der Waals surface area contributed by atoms with Crippen LogP contribution in [0.4, 0.5) is 13.2 Å². The molecule has 0 aliphatic rings. The fourth-order valence-electron chi connectivity index (χ4n) is 2.27. The summed E-state index contributed by atoms with van der Waals surface area (Å²) in [4.78, 5) is 22.8. The number of carboxylic acid groups (broad SMARTS) is 1. The van der Waals surface area contributed by atoms with Gasteiger partial charge in [-0.15, -0.1) is 0 Å². The Kier molecular flexibility index (Phi) is 8.03. The molecule has 30 heavy (non-hydrogen) atoms. The van der Waals surface area contributed by atoms with E-state index in [9.17, 15) is 22.8 Å². The zero-order valence-electron chi connectivity index (χ0n) is 15.5. The minimum Gasteiger partial charge on any atom is -0.490 e. The summed E-state index contributed by atoms with van der Waals surface area (Å²) < 4.78 is 49.5. The van der Waals surface area contributed by atoms with Crippen molar-refractivity contribution in [3.63, 3.8) is 0 Å². The Bertz CT molecular complexity index is 964. The van der Waals surface area contributed by atoms with Crippen LogP contribution in [0.2, 0.25) is 0 Å². The monoisotopic (exact) mass is 536 g/mol. The number of hydrazone groups is 1. The molecular formula is C19H16F3IN2O5. The van der Waals surface area contributed by atoms with Gasteiger partial charge in [-0.1, -0.05) is 6.07 Å². The van der Waals surface area contributed by atoms with Crippen LogP contribution in [-0.4, -0.2) is 36.4 Å². The highest BCUT2D eigenvalue weighted by molar-refractivity contribution is 14.1. The Morgan fingerprint density at radius 2 is 1.97 bits per heavy atom. The molecule has 0 aliphatic carbocycles. The normalized spacial score (nSPS) is 11.4. The molecule has 7 nitrogen and oxygen atoms in total. The van der Waals surface area contributed by atoms with Crippen LogP contribution in [0, 0.1) is 3.57 Å². The van der Waals surface area contributed by atoms with Gasteiger partial charge in [0.15, 0.2) is 18.1 Å². The molecule has 2 rings (SSSR count). The molecule has 0 saturated heterocycles. The van der Waals surface area contributed by atoms with E-state index in [1.807, 2.05) is 22.6 Å². The van der Waals surface area contributed by atoms with E-state index in [0.29, 0.717) is 15.7 Å². The van der Waals surface area contributed by atoms with Gasteiger partial charge in [-0.3, -0.25) is 4.79 Å². The number of amides is 1. The number of hydrogen-bond donors (Lipinski definition) is 2. The van der Waals surface area contributed by atoms with Gasteiger partial charge in [0.1, 0.15) is 0 Å². The number of rotatable bonds is 8. The second-order valence-electron chi connectivity index (χ2n) is 5.72. The first kappa shape index (κ1) is 23.4. The number of ether oxygens (including phenoxy) is 2. The standard InChI is InChI=1S/C19H16F3IN2O5/c1-2-29-15-7-11(6-14(23)17(15)30-10-16(26)27)9-24-25-18(28)12-4-3-5-13(8-12)19(20,21)22/h3-9H,2,10H2,1H3,(H,25,28)(H,26,27). The molecule has 11 heteroatoms. The Morgan fingerprint density at radius 1 is 1.23 bits per heavy atom. The van der Waals surface area contributed by atoms with Crippen molar-refractivity contribution >= 4 is 40.7 Å². The molecule has 2 N–H and O–H groups in total. The van der Waals surface area contributed by atoms with Crippen molar-refractivity contribution in [1.29, 1.82) is 0 Å². The van der Waals surface area contributed by atoms with E-state index in [0.717, 1.165) is 18.2 Å². The Hall–Kier alpha value is -2.83.